The van der Waals surface area contributed by atoms with Crippen molar-refractivity contribution in [1.29, 1.82) is 0 Å². The lowest BCUT2D eigenvalue weighted by molar-refractivity contribution is 0.0741. The van der Waals surface area contributed by atoms with Gasteiger partial charge in [-0.2, -0.15) is 0 Å². The molecule has 6 heteroatoms. The fourth-order valence-electron chi connectivity index (χ4n) is 2.57. The summed E-state index contributed by atoms with van der Waals surface area (Å²) in [6.07, 6.45) is 5.41. The second-order valence-electron chi connectivity index (χ2n) is 5.99. The summed E-state index contributed by atoms with van der Waals surface area (Å²) in [6.45, 7) is 2.17. The van der Waals surface area contributed by atoms with Crippen LogP contribution in [-0.4, -0.2) is 39.3 Å². The van der Waals surface area contributed by atoms with Crippen molar-refractivity contribution in [3.8, 4) is 5.75 Å². The van der Waals surface area contributed by atoms with Crippen LogP contribution in [0.2, 0.25) is 0 Å². The maximum Gasteiger partial charge on any atom is 0.137 e. The van der Waals surface area contributed by atoms with Gasteiger partial charge >= 0.3 is 0 Å². The number of ether oxygens (including phenoxy) is 1. The third-order valence-electron chi connectivity index (χ3n) is 3.82. The summed E-state index contributed by atoms with van der Waals surface area (Å²) in [4.78, 5) is 12.5. The minimum Gasteiger partial charge on any atom is -0.497 e. The summed E-state index contributed by atoms with van der Waals surface area (Å²) in [5.74, 6) is 1.50. The molecule has 2 aromatic heterocycles. The molecule has 0 saturated heterocycles. The number of hydrogen-bond acceptors (Lipinski definition) is 6. The third-order valence-corrected chi connectivity index (χ3v) is 3.82. The van der Waals surface area contributed by atoms with Gasteiger partial charge in [-0.15, -0.1) is 0 Å². The van der Waals surface area contributed by atoms with Gasteiger partial charge in [0.15, 0.2) is 0 Å². The molecule has 3 aromatic rings. The van der Waals surface area contributed by atoms with Crippen molar-refractivity contribution in [2.45, 2.75) is 18.9 Å². The summed E-state index contributed by atoms with van der Waals surface area (Å²) in [5.41, 5.74) is 0.892. The quantitative estimate of drug-likeness (QED) is 0.725. The van der Waals surface area contributed by atoms with E-state index < -0.39 is 5.60 Å². The van der Waals surface area contributed by atoms with E-state index in [1.54, 1.807) is 26.4 Å². The molecule has 2 heterocycles. The molecule has 1 unspecified atom stereocenters. The number of methoxy groups -OCH3 is 1. The predicted octanol–water partition coefficient (Wildman–Crippen LogP) is 2.44. The molecule has 0 aliphatic rings. The molecule has 1 aromatic carbocycles. The van der Waals surface area contributed by atoms with Gasteiger partial charge in [0.25, 0.3) is 0 Å². The van der Waals surface area contributed by atoms with Crippen molar-refractivity contribution in [2.24, 2.45) is 0 Å². The van der Waals surface area contributed by atoms with E-state index in [-0.39, 0.29) is 0 Å². The molecule has 24 heavy (non-hydrogen) atoms. The molecule has 1 atom stereocenters. The maximum atomic E-state index is 10.7. The molecule has 0 spiro atoms. The first kappa shape index (κ1) is 16.1. The number of aromatic nitrogens is 3. The van der Waals surface area contributed by atoms with Crippen LogP contribution < -0.4 is 10.1 Å². The van der Waals surface area contributed by atoms with Crippen LogP contribution in [0.15, 0.2) is 49.1 Å². The number of fused-ring (bicyclic) bond motifs is 1. The Hall–Kier alpha value is -2.73. The fourth-order valence-corrected chi connectivity index (χ4v) is 2.57. The second-order valence-corrected chi connectivity index (χ2v) is 5.99. The first-order valence-corrected chi connectivity index (χ1v) is 7.71. The van der Waals surface area contributed by atoms with Crippen LogP contribution in [0, 0.1) is 0 Å². The molecule has 0 aliphatic carbocycles. The Labute approximate surface area is 140 Å². The molecule has 0 amide bonds. The number of benzene rings is 1. The van der Waals surface area contributed by atoms with E-state index in [0.29, 0.717) is 18.8 Å². The molecule has 2 N–H and O–H groups in total. The number of nitrogens with one attached hydrogen (secondary N) is 1. The highest BCUT2D eigenvalue weighted by Gasteiger charge is 2.21. The number of aliphatic hydroxyl groups is 1. The zero-order valence-corrected chi connectivity index (χ0v) is 13.7. The Kier molecular flexibility index (Phi) is 4.57. The van der Waals surface area contributed by atoms with Crippen LogP contribution in [-0.2, 0) is 6.42 Å². The average Bonchev–Trinajstić information content (AvgIpc) is 2.60. The number of hydrogen-bond donors (Lipinski definition) is 2. The molecule has 6 nitrogen and oxygen atoms in total. The van der Waals surface area contributed by atoms with Gasteiger partial charge in [-0.25, -0.2) is 9.97 Å². The summed E-state index contributed by atoms with van der Waals surface area (Å²) < 4.78 is 5.15. The van der Waals surface area contributed by atoms with Gasteiger partial charge in [0.1, 0.15) is 17.9 Å². The van der Waals surface area contributed by atoms with Crippen LogP contribution in [0.1, 0.15) is 12.5 Å². The SMILES string of the molecule is COc1ccc(CC(C)(O)CNc2ncnc3cnccc23)cc1. The summed E-state index contributed by atoms with van der Waals surface area (Å²) in [5, 5.41) is 14.8. The minimum absolute atomic E-state index is 0.369. The lowest BCUT2D eigenvalue weighted by Gasteiger charge is -2.24. The second kappa shape index (κ2) is 6.80. The predicted molar refractivity (Wildman–Crippen MR) is 93.1 cm³/mol. The first-order valence-electron chi connectivity index (χ1n) is 7.71. The molecule has 124 valence electrons. The number of nitrogens with zero attached hydrogens (tertiary/aromatic N) is 3. The van der Waals surface area contributed by atoms with Gasteiger partial charge in [0.2, 0.25) is 0 Å². The van der Waals surface area contributed by atoms with E-state index in [1.807, 2.05) is 30.3 Å². The number of rotatable bonds is 6. The average molecular weight is 324 g/mol. The van der Waals surface area contributed by atoms with Crippen LogP contribution in [0.3, 0.4) is 0 Å². The molecule has 0 radical (unpaired) electrons. The maximum absolute atomic E-state index is 10.7. The van der Waals surface area contributed by atoms with Gasteiger partial charge in [0.05, 0.1) is 24.4 Å². The molecule has 0 aliphatic heterocycles. The Balaban J connectivity index is 1.69. The van der Waals surface area contributed by atoms with Gasteiger partial charge < -0.3 is 15.2 Å². The van der Waals surface area contributed by atoms with E-state index in [1.165, 1.54) is 6.33 Å². The topological polar surface area (TPSA) is 80.2 Å². The van der Waals surface area contributed by atoms with Crippen LogP contribution in [0.25, 0.3) is 10.9 Å². The summed E-state index contributed by atoms with van der Waals surface area (Å²) >= 11 is 0. The van der Waals surface area contributed by atoms with E-state index in [2.05, 4.69) is 20.3 Å². The minimum atomic E-state index is -0.918. The molecular weight excluding hydrogens is 304 g/mol. The van der Waals surface area contributed by atoms with E-state index in [4.69, 9.17) is 4.74 Å². The normalized spacial score (nSPS) is 13.5. The highest BCUT2D eigenvalue weighted by atomic mass is 16.5. The zero-order chi connectivity index (χ0) is 17.0. The number of anilines is 1. The van der Waals surface area contributed by atoms with E-state index >= 15 is 0 Å². The van der Waals surface area contributed by atoms with Gasteiger partial charge in [-0.3, -0.25) is 4.98 Å². The van der Waals surface area contributed by atoms with Gasteiger partial charge in [0, 0.05) is 24.5 Å². The largest absolute Gasteiger partial charge is 0.497 e. The Morgan fingerprint density at radius 3 is 2.71 bits per heavy atom. The standard InChI is InChI=1S/C18H20N4O2/c1-18(23,9-13-3-5-14(24-2)6-4-13)11-20-17-15-7-8-19-10-16(15)21-12-22-17/h3-8,10,12,23H,9,11H2,1-2H3,(H,20,21,22). The van der Waals surface area contributed by atoms with Gasteiger partial charge in [-0.05, 0) is 30.7 Å². The molecule has 0 saturated carbocycles. The molecule has 3 rings (SSSR count). The van der Waals surface area contributed by atoms with Crippen molar-refractivity contribution in [3.05, 3.63) is 54.6 Å². The van der Waals surface area contributed by atoms with Crippen molar-refractivity contribution in [3.63, 3.8) is 0 Å². The first-order chi connectivity index (χ1) is 11.6. The molecule has 0 bridgehead atoms. The van der Waals surface area contributed by atoms with Crippen molar-refractivity contribution in [2.75, 3.05) is 19.0 Å². The summed E-state index contributed by atoms with van der Waals surface area (Å²) in [7, 11) is 1.64. The van der Waals surface area contributed by atoms with Gasteiger partial charge in [-0.1, -0.05) is 12.1 Å². The molecule has 0 fully saturated rings. The number of pyridine rings is 1. The lowest BCUT2D eigenvalue weighted by Crippen LogP contribution is -2.36. The smallest absolute Gasteiger partial charge is 0.137 e. The van der Waals surface area contributed by atoms with E-state index in [0.717, 1.165) is 22.2 Å². The highest BCUT2D eigenvalue weighted by molar-refractivity contribution is 5.87. The monoisotopic (exact) mass is 324 g/mol. The Morgan fingerprint density at radius 1 is 1.17 bits per heavy atom. The summed E-state index contributed by atoms with van der Waals surface area (Å²) in [6, 6.07) is 9.56. The zero-order valence-electron chi connectivity index (χ0n) is 13.7. The Bertz CT molecular complexity index is 813. The molecular formula is C18H20N4O2. The lowest BCUT2D eigenvalue weighted by atomic mass is 9.96. The van der Waals surface area contributed by atoms with Crippen LogP contribution >= 0.6 is 0 Å². The highest BCUT2D eigenvalue weighted by Crippen LogP contribution is 2.20. The Morgan fingerprint density at radius 2 is 1.96 bits per heavy atom. The van der Waals surface area contributed by atoms with Crippen molar-refractivity contribution < 1.29 is 9.84 Å². The third kappa shape index (κ3) is 3.78. The van der Waals surface area contributed by atoms with Crippen LogP contribution in [0.5, 0.6) is 5.75 Å². The van der Waals surface area contributed by atoms with E-state index in [9.17, 15) is 5.11 Å². The fraction of sp³-hybridized carbons (Fsp3) is 0.278. The van der Waals surface area contributed by atoms with Crippen molar-refractivity contribution >= 4 is 16.7 Å². The van der Waals surface area contributed by atoms with Crippen LogP contribution in [0.4, 0.5) is 5.82 Å². The van der Waals surface area contributed by atoms with Crippen molar-refractivity contribution in [1.82, 2.24) is 15.0 Å².